The molecule has 0 bridgehead atoms. The molecule has 1 rings (SSSR count). The predicted molar refractivity (Wildman–Crippen MR) is 70.2 cm³/mol. The number of anilines is 2. The van der Waals surface area contributed by atoms with Gasteiger partial charge < -0.3 is 21.3 Å². The maximum atomic E-state index is 12.0. The number of rotatable bonds is 6. The summed E-state index contributed by atoms with van der Waals surface area (Å²) < 4.78 is 23.9. The molecule has 0 aliphatic rings. The Morgan fingerprint density at radius 1 is 1.39 bits per heavy atom. The number of benzene rings is 1. The average molecular weight is 274 g/mol. The second kappa shape index (κ2) is 6.03. The molecule has 102 valence electrons. The van der Waals surface area contributed by atoms with Crippen LogP contribution in [-0.4, -0.2) is 43.6 Å². The minimum Gasteiger partial charge on any atom is -0.399 e. The van der Waals surface area contributed by atoms with Crippen LogP contribution in [-0.2, 0) is 9.84 Å². The number of nitrogens with two attached hydrogens (primary N) is 1. The maximum Gasteiger partial charge on any atom is 0.182 e. The van der Waals surface area contributed by atoms with Crippen molar-refractivity contribution in [2.75, 3.05) is 30.0 Å². The van der Waals surface area contributed by atoms with Gasteiger partial charge >= 0.3 is 0 Å². The molecule has 1 aromatic carbocycles. The van der Waals surface area contributed by atoms with Crippen molar-refractivity contribution in [1.29, 1.82) is 0 Å². The monoisotopic (exact) mass is 274 g/mol. The summed E-state index contributed by atoms with van der Waals surface area (Å²) in [6.07, 6.45) is 0. The van der Waals surface area contributed by atoms with Crippen LogP contribution < -0.4 is 11.1 Å². The third-order valence-electron chi connectivity index (χ3n) is 2.38. The molecule has 0 aromatic heterocycles. The lowest BCUT2D eigenvalue weighted by atomic mass is 10.2. The molecular formula is C11H18N2O4S. The number of sulfone groups is 1. The smallest absolute Gasteiger partial charge is 0.182 e. The largest absolute Gasteiger partial charge is 0.399 e. The first-order chi connectivity index (χ1) is 8.40. The molecule has 0 aliphatic heterocycles. The van der Waals surface area contributed by atoms with Crippen molar-refractivity contribution >= 4 is 21.2 Å². The van der Waals surface area contributed by atoms with Crippen LogP contribution in [0.5, 0.6) is 0 Å². The normalized spacial score (nSPS) is 13.3. The number of aliphatic hydroxyl groups excluding tert-OH is 2. The van der Waals surface area contributed by atoms with Gasteiger partial charge in [-0.2, -0.15) is 0 Å². The van der Waals surface area contributed by atoms with Gasteiger partial charge in [-0.15, -0.1) is 0 Å². The third kappa shape index (κ3) is 3.59. The van der Waals surface area contributed by atoms with Crippen molar-refractivity contribution in [1.82, 2.24) is 0 Å². The fourth-order valence-electron chi connectivity index (χ4n) is 1.46. The van der Waals surface area contributed by atoms with Crippen LogP contribution in [0.25, 0.3) is 0 Å². The van der Waals surface area contributed by atoms with Crippen LogP contribution in [0.15, 0.2) is 23.1 Å². The summed E-state index contributed by atoms with van der Waals surface area (Å²) in [6, 6.07) is 4.19. The molecular weight excluding hydrogens is 256 g/mol. The van der Waals surface area contributed by atoms with Gasteiger partial charge in [0.05, 0.1) is 29.5 Å². The summed E-state index contributed by atoms with van der Waals surface area (Å²) in [5.41, 5.74) is 6.28. The van der Waals surface area contributed by atoms with Crippen molar-refractivity contribution in [2.45, 2.75) is 17.9 Å². The lowest BCUT2D eigenvalue weighted by Gasteiger charge is -2.16. The highest BCUT2D eigenvalue weighted by atomic mass is 32.2. The summed E-state index contributed by atoms with van der Waals surface area (Å²) in [5, 5.41) is 20.6. The fraction of sp³-hybridized carbons (Fsp3) is 0.455. The second-order valence-electron chi connectivity index (χ2n) is 4.03. The van der Waals surface area contributed by atoms with Gasteiger partial charge in [0.1, 0.15) is 0 Å². The van der Waals surface area contributed by atoms with Crippen LogP contribution in [0.2, 0.25) is 0 Å². The highest BCUT2D eigenvalue weighted by Crippen LogP contribution is 2.25. The van der Waals surface area contributed by atoms with Crippen molar-refractivity contribution in [2.24, 2.45) is 0 Å². The van der Waals surface area contributed by atoms with Gasteiger partial charge in [0.2, 0.25) is 0 Å². The van der Waals surface area contributed by atoms with E-state index in [1.54, 1.807) is 19.1 Å². The number of nitrogen functional groups attached to an aromatic ring is 1. The van der Waals surface area contributed by atoms with Crippen LogP contribution in [0.3, 0.4) is 0 Å². The molecule has 0 amide bonds. The molecule has 0 heterocycles. The molecule has 5 N–H and O–H groups in total. The highest BCUT2D eigenvalue weighted by Gasteiger charge is 2.19. The Kier molecular flexibility index (Phi) is 4.94. The van der Waals surface area contributed by atoms with E-state index in [-0.39, 0.29) is 23.3 Å². The molecule has 1 atom stereocenters. The molecule has 1 unspecified atom stereocenters. The number of hydrogen-bond acceptors (Lipinski definition) is 6. The minimum absolute atomic E-state index is 0.0388. The lowest BCUT2D eigenvalue weighted by molar-refractivity contribution is 0.281. The van der Waals surface area contributed by atoms with Crippen molar-refractivity contribution in [3.05, 3.63) is 18.2 Å². The number of nitrogens with one attached hydrogen (secondary N) is 1. The zero-order valence-electron chi connectivity index (χ0n) is 10.1. The minimum atomic E-state index is -3.59. The Balaban J connectivity index is 3.19. The first-order valence-electron chi connectivity index (χ1n) is 5.51. The standard InChI is InChI=1S/C11H18N2O4S/c1-8(7-15)13-10-3-2-9(12)6-11(10)18(16,17)5-4-14/h2-3,6,8,13-15H,4-5,7,12H2,1H3. The quantitative estimate of drug-likeness (QED) is 0.536. The summed E-state index contributed by atoms with van der Waals surface area (Å²) in [5.74, 6) is -0.362. The van der Waals surface area contributed by atoms with Gasteiger partial charge in [0.15, 0.2) is 9.84 Å². The Labute approximate surface area is 106 Å². The molecule has 1 aromatic rings. The lowest BCUT2D eigenvalue weighted by Crippen LogP contribution is -2.22. The SMILES string of the molecule is CC(CO)Nc1ccc(N)cc1S(=O)(=O)CCO. The van der Waals surface area contributed by atoms with E-state index in [2.05, 4.69) is 5.32 Å². The van der Waals surface area contributed by atoms with Crippen LogP contribution in [0.4, 0.5) is 11.4 Å². The van der Waals surface area contributed by atoms with E-state index in [1.165, 1.54) is 6.07 Å². The number of aliphatic hydroxyl groups is 2. The Morgan fingerprint density at radius 3 is 2.61 bits per heavy atom. The first-order valence-corrected chi connectivity index (χ1v) is 7.16. The van der Waals surface area contributed by atoms with E-state index in [0.29, 0.717) is 11.4 Å². The molecule has 0 aliphatic carbocycles. The molecule has 0 fully saturated rings. The van der Waals surface area contributed by atoms with E-state index in [9.17, 15) is 8.42 Å². The van der Waals surface area contributed by atoms with E-state index < -0.39 is 16.4 Å². The Hall–Kier alpha value is -1.31. The highest BCUT2D eigenvalue weighted by molar-refractivity contribution is 7.91. The van der Waals surface area contributed by atoms with Gasteiger partial charge in [-0.3, -0.25) is 0 Å². The van der Waals surface area contributed by atoms with Gasteiger partial charge in [-0.1, -0.05) is 0 Å². The summed E-state index contributed by atoms with van der Waals surface area (Å²) in [7, 11) is -3.59. The third-order valence-corrected chi connectivity index (χ3v) is 4.10. The van der Waals surface area contributed by atoms with Crippen molar-refractivity contribution in [3.8, 4) is 0 Å². The fourth-order valence-corrected chi connectivity index (χ4v) is 2.69. The molecule has 0 spiro atoms. The second-order valence-corrected chi connectivity index (χ2v) is 6.10. The van der Waals surface area contributed by atoms with Crippen LogP contribution >= 0.6 is 0 Å². The molecule has 6 nitrogen and oxygen atoms in total. The zero-order chi connectivity index (χ0) is 13.8. The maximum absolute atomic E-state index is 12.0. The molecule has 0 saturated carbocycles. The summed E-state index contributed by atoms with van der Waals surface area (Å²) >= 11 is 0. The van der Waals surface area contributed by atoms with Crippen molar-refractivity contribution in [3.63, 3.8) is 0 Å². The molecule has 7 heteroatoms. The predicted octanol–water partition coefficient (Wildman–Crippen LogP) is -0.173. The van der Waals surface area contributed by atoms with Crippen LogP contribution in [0.1, 0.15) is 6.92 Å². The van der Waals surface area contributed by atoms with E-state index >= 15 is 0 Å². The van der Waals surface area contributed by atoms with Gasteiger partial charge in [0.25, 0.3) is 0 Å². The van der Waals surface area contributed by atoms with E-state index in [1.807, 2.05) is 0 Å². The van der Waals surface area contributed by atoms with E-state index in [4.69, 9.17) is 15.9 Å². The topological polar surface area (TPSA) is 113 Å². The molecule has 0 radical (unpaired) electrons. The molecule has 0 saturated heterocycles. The Morgan fingerprint density at radius 2 is 2.06 bits per heavy atom. The summed E-state index contributed by atoms with van der Waals surface area (Å²) in [6.45, 7) is 1.15. The zero-order valence-corrected chi connectivity index (χ0v) is 10.9. The van der Waals surface area contributed by atoms with Crippen molar-refractivity contribution < 1.29 is 18.6 Å². The molecule has 18 heavy (non-hydrogen) atoms. The van der Waals surface area contributed by atoms with Gasteiger partial charge in [-0.25, -0.2) is 8.42 Å². The Bertz CT molecular complexity index is 502. The summed E-state index contributed by atoms with van der Waals surface area (Å²) in [4.78, 5) is 0.0388. The van der Waals surface area contributed by atoms with Gasteiger partial charge in [0, 0.05) is 11.7 Å². The van der Waals surface area contributed by atoms with Gasteiger partial charge in [-0.05, 0) is 25.1 Å². The average Bonchev–Trinajstić information content (AvgIpc) is 2.31. The first kappa shape index (κ1) is 14.7. The van der Waals surface area contributed by atoms with Crippen LogP contribution in [0, 0.1) is 0 Å². The van der Waals surface area contributed by atoms with E-state index in [0.717, 1.165) is 0 Å². The number of hydrogen-bond donors (Lipinski definition) is 4.